The number of aromatic amines is 1. The zero-order chi connectivity index (χ0) is 17.1. The van der Waals surface area contributed by atoms with E-state index in [9.17, 15) is 4.79 Å². The van der Waals surface area contributed by atoms with Crippen molar-refractivity contribution >= 4 is 28.6 Å². The fraction of sp³-hybridized carbons (Fsp3) is 0.176. The maximum Gasteiger partial charge on any atom is 0.337 e. The van der Waals surface area contributed by atoms with Gasteiger partial charge in [-0.1, -0.05) is 0 Å². The maximum absolute atomic E-state index is 11.4. The third-order valence-corrected chi connectivity index (χ3v) is 3.56. The molecule has 7 heteroatoms. The number of nitrogens with zero attached hydrogens (tertiary/aromatic N) is 1. The zero-order valence-electron chi connectivity index (χ0n) is 13.5. The molecule has 0 amide bonds. The number of rotatable bonds is 5. The lowest BCUT2D eigenvalue weighted by atomic mass is 10.2. The van der Waals surface area contributed by atoms with Crippen molar-refractivity contribution in [1.29, 1.82) is 0 Å². The van der Waals surface area contributed by atoms with Crippen molar-refractivity contribution in [3.8, 4) is 11.5 Å². The second-order valence-corrected chi connectivity index (χ2v) is 5.00. The molecule has 1 heterocycles. The van der Waals surface area contributed by atoms with Crippen molar-refractivity contribution in [2.45, 2.75) is 0 Å². The molecule has 3 rings (SSSR count). The highest BCUT2D eigenvalue weighted by Gasteiger charge is 2.10. The Balaban J connectivity index is 1.86. The predicted octanol–water partition coefficient (Wildman–Crippen LogP) is 3.11. The molecule has 24 heavy (non-hydrogen) atoms. The van der Waals surface area contributed by atoms with E-state index in [1.165, 1.54) is 7.11 Å². The number of hydrogen-bond donors (Lipinski definition) is 2. The van der Waals surface area contributed by atoms with Crippen LogP contribution < -0.4 is 14.8 Å². The lowest BCUT2D eigenvalue weighted by Gasteiger charge is -2.06. The maximum atomic E-state index is 11.4. The lowest BCUT2D eigenvalue weighted by Crippen LogP contribution is -2.01. The van der Waals surface area contributed by atoms with Gasteiger partial charge in [0.2, 0.25) is 5.95 Å². The Kier molecular flexibility index (Phi) is 4.24. The van der Waals surface area contributed by atoms with Crippen LogP contribution >= 0.6 is 0 Å². The minimum atomic E-state index is -0.371. The van der Waals surface area contributed by atoms with Gasteiger partial charge in [-0.25, -0.2) is 9.78 Å². The van der Waals surface area contributed by atoms with E-state index >= 15 is 0 Å². The quantitative estimate of drug-likeness (QED) is 0.700. The van der Waals surface area contributed by atoms with Crippen molar-refractivity contribution in [2.75, 3.05) is 26.6 Å². The van der Waals surface area contributed by atoms with E-state index in [1.54, 1.807) is 44.6 Å². The summed E-state index contributed by atoms with van der Waals surface area (Å²) in [5.41, 5.74) is 2.85. The van der Waals surface area contributed by atoms with Crippen molar-refractivity contribution in [3.63, 3.8) is 0 Å². The lowest BCUT2D eigenvalue weighted by molar-refractivity contribution is 0.0601. The van der Waals surface area contributed by atoms with Gasteiger partial charge in [0.25, 0.3) is 0 Å². The number of methoxy groups -OCH3 is 3. The summed E-state index contributed by atoms with van der Waals surface area (Å²) >= 11 is 0. The molecule has 1 aromatic heterocycles. The highest BCUT2D eigenvalue weighted by atomic mass is 16.5. The van der Waals surface area contributed by atoms with Gasteiger partial charge >= 0.3 is 5.97 Å². The molecule has 0 aliphatic rings. The van der Waals surface area contributed by atoms with E-state index in [-0.39, 0.29) is 5.97 Å². The third-order valence-electron chi connectivity index (χ3n) is 3.56. The van der Waals surface area contributed by atoms with Crippen LogP contribution in [0, 0.1) is 0 Å². The van der Waals surface area contributed by atoms with Gasteiger partial charge in [-0.2, -0.15) is 0 Å². The summed E-state index contributed by atoms with van der Waals surface area (Å²) in [6.45, 7) is 0. The molecule has 3 aromatic rings. The molecule has 0 spiro atoms. The Bertz CT molecular complexity index is 830. The number of carbonyl (C=O) groups excluding carboxylic acids is 1. The molecule has 7 nitrogen and oxygen atoms in total. The number of carbonyl (C=O) groups is 1. The minimum Gasteiger partial charge on any atom is -0.493 e. The molecule has 0 aliphatic heterocycles. The molecule has 0 bridgehead atoms. The van der Waals surface area contributed by atoms with E-state index in [1.807, 2.05) is 6.07 Å². The predicted molar refractivity (Wildman–Crippen MR) is 90.3 cm³/mol. The van der Waals surface area contributed by atoms with Gasteiger partial charge < -0.3 is 24.5 Å². The van der Waals surface area contributed by atoms with Crippen LogP contribution in [0.4, 0.5) is 11.6 Å². The van der Waals surface area contributed by atoms with Crippen LogP contribution in [0.1, 0.15) is 10.4 Å². The normalized spacial score (nSPS) is 10.5. The molecule has 0 radical (unpaired) electrons. The fourth-order valence-electron chi connectivity index (χ4n) is 2.34. The number of esters is 1. The van der Waals surface area contributed by atoms with Crippen molar-refractivity contribution in [2.24, 2.45) is 0 Å². The second kappa shape index (κ2) is 6.49. The average Bonchev–Trinajstić information content (AvgIpc) is 3.01. The van der Waals surface area contributed by atoms with Crippen LogP contribution in [0.25, 0.3) is 11.0 Å². The van der Waals surface area contributed by atoms with Crippen molar-refractivity contribution in [1.82, 2.24) is 9.97 Å². The molecule has 2 aromatic carbocycles. The molecule has 2 N–H and O–H groups in total. The first-order chi connectivity index (χ1) is 11.6. The Hall–Kier alpha value is -3.22. The summed E-state index contributed by atoms with van der Waals surface area (Å²) in [5.74, 6) is 1.45. The van der Waals surface area contributed by atoms with E-state index in [2.05, 4.69) is 20.0 Å². The average molecular weight is 327 g/mol. The Morgan fingerprint density at radius 1 is 1.04 bits per heavy atom. The van der Waals surface area contributed by atoms with Crippen LogP contribution in [0.5, 0.6) is 11.5 Å². The van der Waals surface area contributed by atoms with Gasteiger partial charge in [0.05, 0.1) is 37.9 Å². The van der Waals surface area contributed by atoms with E-state index in [0.29, 0.717) is 23.0 Å². The number of benzene rings is 2. The molecule has 0 unspecified atom stereocenters. The molecule has 0 fully saturated rings. The number of nitrogens with one attached hydrogen (secondary N) is 2. The van der Waals surface area contributed by atoms with Gasteiger partial charge in [0, 0.05) is 17.8 Å². The number of anilines is 2. The molecular weight excluding hydrogens is 310 g/mol. The van der Waals surface area contributed by atoms with E-state index in [0.717, 1.165) is 16.7 Å². The SMILES string of the molecule is COC(=O)c1ccc(Nc2nc3cc(OC)c(OC)cc3[nH]2)cc1. The Morgan fingerprint density at radius 2 is 1.71 bits per heavy atom. The number of aromatic nitrogens is 2. The van der Waals surface area contributed by atoms with Crippen LogP contribution in [-0.2, 0) is 4.74 Å². The van der Waals surface area contributed by atoms with E-state index < -0.39 is 0 Å². The first kappa shape index (κ1) is 15.7. The Morgan fingerprint density at radius 3 is 2.33 bits per heavy atom. The second-order valence-electron chi connectivity index (χ2n) is 5.00. The highest BCUT2D eigenvalue weighted by Crippen LogP contribution is 2.32. The number of ether oxygens (including phenoxy) is 3. The smallest absolute Gasteiger partial charge is 0.337 e. The minimum absolute atomic E-state index is 0.371. The summed E-state index contributed by atoms with van der Waals surface area (Å²) in [6, 6.07) is 10.6. The van der Waals surface area contributed by atoms with Crippen molar-refractivity contribution in [3.05, 3.63) is 42.0 Å². The number of H-pyrrole nitrogens is 1. The topological polar surface area (TPSA) is 85.5 Å². The van der Waals surface area contributed by atoms with Gasteiger partial charge in [-0.05, 0) is 24.3 Å². The third kappa shape index (κ3) is 2.96. The van der Waals surface area contributed by atoms with Gasteiger partial charge in [0.1, 0.15) is 0 Å². The van der Waals surface area contributed by atoms with Crippen LogP contribution in [0.3, 0.4) is 0 Å². The highest BCUT2D eigenvalue weighted by molar-refractivity contribution is 5.90. The van der Waals surface area contributed by atoms with Crippen LogP contribution in [-0.4, -0.2) is 37.3 Å². The van der Waals surface area contributed by atoms with Crippen LogP contribution in [0.15, 0.2) is 36.4 Å². The zero-order valence-corrected chi connectivity index (χ0v) is 13.5. The number of hydrogen-bond acceptors (Lipinski definition) is 6. The largest absolute Gasteiger partial charge is 0.493 e. The molecule has 124 valence electrons. The van der Waals surface area contributed by atoms with E-state index in [4.69, 9.17) is 9.47 Å². The molecule has 0 saturated heterocycles. The summed E-state index contributed by atoms with van der Waals surface area (Å²) in [7, 11) is 4.52. The summed E-state index contributed by atoms with van der Waals surface area (Å²) in [4.78, 5) is 19.1. The van der Waals surface area contributed by atoms with Crippen LogP contribution in [0.2, 0.25) is 0 Å². The molecular formula is C17H17N3O4. The first-order valence-electron chi connectivity index (χ1n) is 7.21. The number of fused-ring (bicyclic) bond motifs is 1. The molecule has 0 saturated carbocycles. The summed E-state index contributed by atoms with van der Waals surface area (Å²) < 4.78 is 15.2. The number of imidazole rings is 1. The molecule has 0 aliphatic carbocycles. The standard InChI is InChI=1S/C17H17N3O4/c1-22-14-8-12-13(9-15(14)23-2)20-17(19-12)18-11-6-4-10(5-7-11)16(21)24-3/h4-9H,1-3H3,(H2,18,19,20). The van der Waals surface area contributed by atoms with Gasteiger partial charge in [-0.3, -0.25) is 0 Å². The Labute approximate surface area is 138 Å². The summed E-state index contributed by atoms with van der Waals surface area (Å²) in [5, 5.41) is 3.15. The van der Waals surface area contributed by atoms with Gasteiger partial charge in [0.15, 0.2) is 11.5 Å². The summed E-state index contributed by atoms with van der Waals surface area (Å²) in [6.07, 6.45) is 0. The van der Waals surface area contributed by atoms with Gasteiger partial charge in [-0.15, -0.1) is 0 Å². The fourth-order valence-corrected chi connectivity index (χ4v) is 2.34. The monoisotopic (exact) mass is 327 g/mol. The van der Waals surface area contributed by atoms with Crippen molar-refractivity contribution < 1.29 is 19.0 Å². The molecule has 0 atom stereocenters. The first-order valence-corrected chi connectivity index (χ1v) is 7.21.